The van der Waals surface area contributed by atoms with E-state index in [1.54, 1.807) is 34.3 Å². The third-order valence-corrected chi connectivity index (χ3v) is 2.94. The van der Waals surface area contributed by atoms with Gasteiger partial charge in [0, 0.05) is 18.2 Å². The maximum absolute atomic E-state index is 11.4. The van der Waals surface area contributed by atoms with Gasteiger partial charge >= 0.3 is 5.97 Å². The van der Waals surface area contributed by atoms with E-state index in [9.17, 15) is 4.79 Å². The zero-order valence-electron chi connectivity index (χ0n) is 12.5. The van der Waals surface area contributed by atoms with Crippen molar-refractivity contribution in [1.82, 2.24) is 5.32 Å². The van der Waals surface area contributed by atoms with Gasteiger partial charge in [-0.2, -0.15) is 0 Å². The van der Waals surface area contributed by atoms with Gasteiger partial charge in [0.25, 0.3) is 0 Å². The zero-order valence-corrected chi connectivity index (χ0v) is 12.5. The first-order chi connectivity index (χ1) is 9.57. The minimum absolute atomic E-state index is 0.315. The standard InChI is InChI=1S/C14H21NO5/c1-9(14(16)20-5)15-8-10-6-12(18-3)13(19-4)7-11(10)17-2/h6-7,9,15H,8H2,1-5H3. The average Bonchev–Trinajstić information content (AvgIpc) is 2.50. The summed E-state index contributed by atoms with van der Waals surface area (Å²) >= 11 is 0. The van der Waals surface area contributed by atoms with Gasteiger partial charge in [0.2, 0.25) is 0 Å². The molecule has 0 saturated heterocycles. The van der Waals surface area contributed by atoms with E-state index in [1.807, 2.05) is 6.07 Å². The van der Waals surface area contributed by atoms with Crippen molar-refractivity contribution in [3.05, 3.63) is 17.7 Å². The lowest BCUT2D eigenvalue weighted by molar-refractivity contribution is -0.142. The van der Waals surface area contributed by atoms with Crippen molar-refractivity contribution in [2.75, 3.05) is 28.4 Å². The van der Waals surface area contributed by atoms with Crippen LogP contribution in [0.3, 0.4) is 0 Å². The molecule has 1 aromatic rings. The molecule has 0 fully saturated rings. The molecule has 1 N–H and O–H groups in total. The molecular formula is C14H21NO5. The highest BCUT2D eigenvalue weighted by atomic mass is 16.5. The number of benzene rings is 1. The van der Waals surface area contributed by atoms with Crippen molar-refractivity contribution < 1.29 is 23.7 Å². The Morgan fingerprint density at radius 3 is 2.10 bits per heavy atom. The first kappa shape index (κ1) is 16.1. The molecule has 0 amide bonds. The summed E-state index contributed by atoms with van der Waals surface area (Å²) < 4.78 is 20.4. The Balaban J connectivity index is 2.90. The molecule has 0 bridgehead atoms. The van der Waals surface area contributed by atoms with Gasteiger partial charge in [-0.3, -0.25) is 4.79 Å². The monoisotopic (exact) mass is 283 g/mol. The topological polar surface area (TPSA) is 66.0 Å². The second-order valence-electron chi connectivity index (χ2n) is 4.14. The van der Waals surface area contributed by atoms with E-state index < -0.39 is 6.04 Å². The number of rotatable bonds is 7. The maximum atomic E-state index is 11.4. The van der Waals surface area contributed by atoms with Crippen LogP contribution in [0.4, 0.5) is 0 Å². The minimum atomic E-state index is -0.405. The Kier molecular flexibility index (Phi) is 6.11. The van der Waals surface area contributed by atoms with Gasteiger partial charge < -0.3 is 24.3 Å². The largest absolute Gasteiger partial charge is 0.496 e. The number of hydrogen-bond acceptors (Lipinski definition) is 6. The van der Waals surface area contributed by atoms with Gasteiger partial charge in [0.15, 0.2) is 11.5 Å². The Morgan fingerprint density at radius 1 is 1.05 bits per heavy atom. The molecule has 6 nitrogen and oxygen atoms in total. The Bertz CT molecular complexity index is 461. The summed E-state index contributed by atoms with van der Waals surface area (Å²) in [5.74, 6) is 1.54. The van der Waals surface area contributed by atoms with Gasteiger partial charge in [-0.25, -0.2) is 0 Å². The number of hydrogen-bond donors (Lipinski definition) is 1. The van der Waals surface area contributed by atoms with Crippen molar-refractivity contribution in [1.29, 1.82) is 0 Å². The summed E-state index contributed by atoms with van der Waals surface area (Å²) in [6.07, 6.45) is 0. The Morgan fingerprint density at radius 2 is 1.60 bits per heavy atom. The van der Waals surface area contributed by atoms with Crippen molar-refractivity contribution in [2.24, 2.45) is 0 Å². The third kappa shape index (κ3) is 3.77. The molecule has 0 aliphatic heterocycles. The molecule has 1 atom stereocenters. The van der Waals surface area contributed by atoms with Crippen molar-refractivity contribution in [2.45, 2.75) is 19.5 Å². The lowest BCUT2D eigenvalue weighted by Gasteiger charge is -2.16. The second kappa shape index (κ2) is 7.59. The number of nitrogens with one attached hydrogen (secondary N) is 1. The second-order valence-corrected chi connectivity index (χ2v) is 4.14. The van der Waals surface area contributed by atoms with Gasteiger partial charge in [-0.05, 0) is 13.0 Å². The molecule has 0 aliphatic carbocycles. The Hall–Kier alpha value is -1.95. The molecule has 0 saturated carbocycles. The molecule has 1 unspecified atom stereocenters. The first-order valence-corrected chi connectivity index (χ1v) is 6.17. The van der Waals surface area contributed by atoms with E-state index in [4.69, 9.17) is 14.2 Å². The predicted octanol–water partition coefficient (Wildman–Crippen LogP) is 1.36. The van der Waals surface area contributed by atoms with Crippen LogP contribution in [0, 0.1) is 0 Å². The van der Waals surface area contributed by atoms with Crippen molar-refractivity contribution in [3.63, 3.8) is 0 Å². The smallest absolute Gasteiger partial charge is 0.322 e. The summed E-state index contributed by atoms with van der Waals surface area (Å²) in [6, 6.07) is 3.16. The molecular weight excluding hydrogens is 262 g/mol. The fraction of sp³-hybridized carbons (Fsp3) is 0.500. The molecule has 112 valence electrons. The normalized spacial score (nSPS) is 11.7. The summed E-state index contributed by atoms with van der Waals surface area (Å²) in [7, 11) is 6.07. The van der Waals surface area contributed by atoms with Crippen LogP contribution < -0.4 is 19.5 Å². The van der Waals surface area contributed by atoms with Crippen LogP contribution in [0.1, 0.15) is 12.5 Å². The van der Waals surface area contributed by atoms with E-state index in [1.165, 1.54) is 7.11 Å². The molecule has 1 aromatic carbocycles. The zero-order chi connectivity index (χ0) is 15.1. The highest BCUT2D eigenvalue weighted by Gasteiger charge is 2.15. The SMILES string of the molecule is COC(=O)C(C)NCc1cc(OC)c(OC)cc1OC. The van der Waals surface area contributed by atoms with Crippen molar-refractivity contribution >= 4 is 5.97 Å². The number of carbonyl (C=O) groups excluding carboxylic acids is 1. The van der Waals surface area contributed by atoms with Crippen LogP contribution in [0.5, 0.6) is 17.2 Å². The fourth-order valence-corrected chi connectivity index (χ4v) is 1.75. The average molecular weight is 283 g/mol. The van der Waals surface area contributed by atoms with E-state index >= 15 is 0 Å². The highest BCUT2D eigenvalue weighted by Crippen LogP contribution is 2.34. The Labute approximate surface area is 119 Å². The number of ether oxygens (including phenoxy) is 4. The molecule has 6 heteroatoms. The predicted molar refractivity (Wildman–Crippen MR) is 74.4 cm³/mol. The lowest BCUT2D eigenvalue weighted by atomic mass is 10.1. The molecule has 0 aliphatic rings. The van der Waals surface area contributed by atoms with Crippen LogP contribution in [0.15, 0.2) is 12.1 Å². The molecule has 0 radical (unpaired) electrons. The van der Waals surface area contributed by atoms with Crippen LogP contribution in [-0.4, -0.2) is 40.5 Å². The summed E-state index contributed by atoms with van der Waals surface area (Å²) in [4.78, 5) is 11.4. The third-order valence-electron chi connectivity index (χ3n) is 2.94. The van der Waals surface area contributed by atoms with Crippen LogP contribution in [0.2, 0.25) is 0 Å². The molecule has 20 heavy (non-hydrogen) atoms. The molecule has 0 spiro atoms. The summed E-state index contributed by atoms with van der Waals surface area (Å²) in [5.41, 5.74) is 0.862. The number of esters is 1. The van der Waals surface area contributed by atoms with Crippen LogP contribution in [-0.2, 0) is 16.1 Å². The van der Waals surface area contributed by atoms with E-state index in [0.29, 0.717) is 23.8 Å². The van der Waals surface area contributed by atoms with Gasteiger partial charge in [0.1, 0.15) is 11.8 Å². The fourth-order valence-electron chi connectivity index (χ4n) is 1.75. The number of methoxy groups -OCH3 is 4. The molecule has 0 aromatic heterocycles. The molecule has 1 rings (SSSR count). The minimum Gasteiger partial charge on any atom is -0.496 e. The van der Waals surface area contributed by atoms with Crippen LogP contribution in [0.25, 0.3) is 0 Å². The van der Waals surface area contributed by atoms with E-state index in [0.717, 1.165) is 5.56 Å². The molecule has 0 heterocycles. The van der Waals surface area contributed by atoms with E-state index in [2.05, 4.69) is 10.1 Å². The lowest BCUT2D eigenvalue weighted by Crippen LogP contribution is -2.34. The summed E-state index contributed by atoms with van der Waals surface area (Å²) in [6.45, 7) is 2.18. The highest BCUT2D eigenvalue weighted by molar-refractivity contribution is 5.75. The van der Waals surface area contributed by atoms with Crippen LogP contribution >= 0.6 is 0 Å². The van der Waals surface area contributed by atoms with Gasteiger partial charge in [-0.15, -0.1) is 0 Å². The first-order valence-electron chi connectivity index (χ1n) is 6.17. The number of carbonyl (C=O) groups is 1. The van der Waals surface area contributed by atoms with Gasteiger partial charge in [-0.1, -0.05) is 0 Å². The van der Waals surface area contributed by atoms with E-state index in [-0.39, 0.29) is 5.97 Å². The maximum Gasteiger partial charge on any atom is 0.322 e. The van der Waals surface area contributed by atoms with Crippen molar-refractivity contribution in [3.8, 4) is 17.2 Å². The summed E-state index contributed by atoms with van der Waals surface area (Å²) in [5, 5.41) is 3.06. The quantitative estimate of drug-likeness (QED) is 0.762. The van der Waals surface area contributed by atoms with Gasteiger partial charge in [0.05, 0.1) is 28.4 Å².